The van der Waals surface area contributed by atoms with Gasteiger partial charge in [-0.15, -0.1) is 0 Å². The Labute approximate surface area is 183 Å². The fraction of sp³-hybridized carbons (Fsp3) is 0.926. The highest BCUT2D eigenvalue weighted by Gasteiger charge is 2.61. The predicted octanol–water partition coefficient (Wildman–Crippen LogP) is 6.19. The van der Waals surface area contributed by atoms with E-state index < -0.39 is 0 Å². The van der Waals surface area contributed by atoms with Crippen molar-refractivity contribution in [2.45, 2.75) is 104 Å². The van der Waals surface area contributed by atoms with E-state index in [2.05, 4.69) is 20.8 Å². The molecule has 1 aliphatic heterocycles. The third kappa shape index (κ3) is 3.04. The lowest BCUT2D eigenvalue weighted by Gasteiger charge is -2.60. The first kappa shape index (κ1) is 21.0. The van der Waals surface area contributed by atoms with Gasteiger partial charge in [0.2, 0.25) is 0 Å². The Morgan fingerprint density at radius 2 is 1.67 bits per heavy atom. The average molecular weight is 415 g/mol. The summed E-state index contributed by atoms with van der Waals surface area (Å²) in [6.45, 7) is 9.52. The Morgan fingerprint density at radius 3 is 2.43 bits per heavy atom. The SMILES string of the molecule is C[C@@H]([C@H]1CC[C@H]2[C@@H]3CC[C@H]4CC(=O)CC[C@]4(C)[C@H]3CC[C@]12C)[C@H]1CC[C@@H](C)C(=O)O1. The Hall–Kier alpha value is -0.860. The first-order valence-electron chi connectivity index (χ1n) is 13.0. The van der Waals surface area contributed by atoms with Gasteiger partial charge in [-0.3, -0.25) is 9.59 Å². The van der Waals surface area contributed by atoms with Crippen molar-refractivity contribution in [3.05, 3.63) is 0 Å². The van der Waals surface area contributed by atoms with Crippen molar-refractivity contribution in [1.82, 2.24) is 0 Å². The molecule has 1 heterocycles. The van der Waals surface area contributed by atoms with Gasteiger partial charge in [-0.2, -0.15) is 0 Å². The molecule has 0 bridgehead atoms. The maximum atomic E-state index is 12.2. The molecule has 0 amide bonds. The molecule has 4 saturated carbocycles. The molecule has 168 valence electrons. The number of carbonyl (C=O) groups excluding carboxylic acids is 2. The zero-order valence-electron chi connectivity index (χ0n) is 19.6. The van der Waals surface area contributed by atoms with E-state index in [1.165, 1.54) is 38.5 Å². The quantitative estimate of drug-likeness (QED) is 0.506. The number of ether oxygens (including phenoxy) is 1. The highest BCUT2D eigenvalue weighted by atomic mass is 16.5. The molecular formula is C27H42O3. The van der Waals surface area contributed by atoms with Crippen LogP contribution in [-0.2, 0) is 14.3 Å². The Bertz CT molecular complexity index is 715. The number of esters is 1. The lowest BCUT2D eigenvalue weighted by atomic mass is 9.44. The number of hydrogen-bond donors (Lipinski definition) is 0. The molecule has 5 aliphatic rings. The monoisotopic (exact) mass is 414 g/mol. The van der Waals surface area contributed by atoms with Gasteiger partial charge >= 0.3 is 5.97 Å². The van der Waals surface area contributed by atoms with Gasteiger partial charge in [0, 0.05) is 12.8 Å². The van der Waals surface area contributed by atoms with Crippen molar-refractivity contribution in [2.75, 3.05) is 0 Å². The number of Topliss-reactive ketones (excluding diaryl/α,β-unsaturated/α-hetero) is 1. The molecule has 10 atom stereocenters. The highest BCUT2D eigenvalue weighted by molar-refractivity contribution is 5.79. The summed E-state index contributed by atoms with van der Waals surface area (Å²) in [4.78, 5) is 24.4. The summed E-state index contributed by atoms with van der Waals surface area (Å²) in [5.74, 6) is 4.94. The van der Waals surface area contributed by atoms with Crippen molar-refractivity contribution in [3.8, 4) is 0 Å². The fourth-order valence-corrected chi connectivity index (χ4v) is 9.44. The minimum atomic E-state index is 0.0274. The summed E-state index contributed by atoms with van der Waals surface area (Å²) in [6, 6.07) is 0. The summed E-state index contributed by atoms with van der Waals surface area (Å²) in [6.07, 6.45) is 13.0. The second kappa shape index (κ2) is 7.34. The van der Waals surface area contributed by atoms with Gasteiger partial charge in [0.1, 0.15) is 11.9 Å². The fourth-order valence-electron chi connectivity index (χ4n) is 9.44. The molecule has 0 spiro atoms. The molecule has 0 aromatic carbocycles. The van der Waals surface area contributed by atoms with E-state index in [-0.39, 0.29) is 18.0 Å². The standard InChI is InChI=1S/C27H42O3/c1-16-5-10-24(30-25(16)29)17(2)21-8-9-22-20-7-6-18-15-19(28)11-13-26(18,3)23(20)12-14-27(21,22)4/h16-18,20-24H,5-15H2,1-4H3/t16-,17+,18+,20+,21-,22+,23+,24-,26+,27-/m1/s1. The van der Waals surface area contributed by atoms with Crippen molar-refractivity contribution in [1.29, 1.82) is 0 Å². The van der Waals surface area contributed by atoms with Crippen LogP contribution in [0.2, 0.25) is 0 Å². The van der Waals surface area contributed by atoms with E-state index in [0.717, 1.165) is 49.9 Å². The maximum absolute atomic E-state index is 12.2. The normalized spacial score (nSPS) is 52.1. The molecule has 0 aromatic heterocycles. The first-order valence-corrected chi connectivity index (χ1v) is 13.0. The van der Waals surface area contributed by atoms with Gasteiger partial charge in [-0.1, -0.05) is 27.7 Å². The Morgan fingerprint density at radius 1 is 0.900 bits per heavy atom. The second-order valence-electron chi connectivity index (χ2n) is 12.4. The Kier molecular flexibility index (Phi) is 5.14. The van der Waals surface area contributed by atoms with Gasteiger partial charge in [-0.05, 0) is 104 Å². The third-order valence-corrected chi connectivity index (χ3v) is 11.3. The van der Waals surface area contributed by atoms with Crippen LogP contribution in [0.3, 0.4) is 0 Å². The van der Waals surface area contributed by atoms with Crippen LogP contribution in [-0.4, -0.2) is 17.9 Å². The van der Waals surface area contributed by atoms with Crippen molar-refractivity contribution < 1.29 is 14.3 Å². The maximum Gasteiger partial charge on any atom is 0.308 e. The van der Waals surface area contributed by atoms with E-state index in [0.29, 0.717) is 34.4 Å². The molecule has 0 N–H and O–H groups in total. The third-order valence-electron chi connectivity index (χ3n) is 11.3. The molecule has 1 saturated heterocycles. The predicted molar refractivity (Wildman–Crippen MR) is 118 cm³/mol. The largest absolute Gasteiger partial charge is 0.462 e. The van der Waals surface area contributed by atoms with Crippen molar-refractivity contribution in [2.24, 2.45) is 52.3 Å². The molecule has 5 rings (SSSR count). The van der Waals surface area contributed by atoms with Gasteiger partial charge in [0.25, 0.3) is 0 Å². The molecule has 0 radical (unpaired) electrons. The zero-order chi connectivity index (χ0) is 21.3. The number of fused-ring (bicyclic) bond motifs is 5. The molecule has 4 aliphatic carbocycles. The number of carbonyl (C=O) groups is 2. The smallest absolute Gasteiger partial charge is 0.308 e. The zero-order valence-corrected chi connectivity index (χ0v) is 19.6. The molecule has 3 nitrogen and oxygen atoms in total. The van der Waals surface area contributed by atoms with Gasteiger partial charge in [0.15, 0.2) is 0 Å². The van der Waals surface area contributed by atoms with E-state index >= 15 is 0 Å². The van der Waals surface area contributed by atoms with E-state index in [4.69, 9.17) is 4.74 Å². The summed E-state index contributed by atoms with van der Waals surface area (Å²) >= 11 is 0. The summed E-state index contributed by atoms with van der Waals surface area (Å²) in [5, 5.41) is 0. The van der Waals surface area contributed by atoms with Gasteiger partial charge in [-0.25, -0.2) is 0 Å². The van der Waals surface area contributed by atoms with Crippen LogP contribution in [0.25, 0.3) is 0 Å². The average Bonchev–Trinajstić information content (AvgIpc) is 3.07. The topological polar surface area (TPSA) is 43.4 Å². The minimum Gasteiger partial charge on any atom is -0.462 e. The summed E-state index contributed by atoms with van der Waals surface area (Å²) < 4.78 is 5.93. The van der Waals surface area contributed by atoms with Gasteiger partial charge in [0.05, 0.1) is 5.92 Å². The van der Waals surface area contributed by atoms with Crippen molar-refractivity contribution in [3.63, 3.8) is 0 Å². The van der Waals surface area contributed by atoms with Crippen LogP contribution in [0, 0.1) is 52.3 Å². The van der Waals surface area contributed by atoms with Crippen LogP contribution >= 0.6 is 0 Å². The molecular weight excluding hydrogens is 372 g/mol. The highest BCUT2D eigenvalue weighted by Crippen LogP contribution is 2.68. The van der Waals surface area contributed by atoms with Crippen LogP contribution in [0.4, 0.5) is 0 Å². The Balaban J connectivity index is 1.34. The lowest BCUT2D eigenvalue weighted by Crippen LogP contribution is -2.54. The van der Waals surface area contributed by atoms with E-state index in [1.807, 2.05) is 6.92 Å². The number of cyclic esters (lactones) is 1. The van der Waals surface area contributed by atoms with Gasteiger partial charge < -0.3 is 4.74 Å². The van der Waals surface area contributed by atoms with Crippen LogP contribution in [0.1, 0.15) is 98.3 Å². The van der Waals surface area contributed by atoms with E-state index in [1.54, 1.807) is 0 Å². The number of hydrogen-bond acceptors (Lipinski definition) is 3. The molecule has 0 unspecified atom stereocenters. The molecule has 30 heavy (non-hydrogen) atoms. The van der Waals surface area contributed by atoms with Crippen LogP contribution in [0.15, 0.2) is 0 Å². The summed E-state index contributed by atoms with van der Waals surface area (Å²) in [7, 11) is 0. The molecule has 3 heteroatoms. The number of rotatable bonds is 2. The summed E-state index contributed by atoms with van der Waals surface area (Å²) in [5.41, 5.74) is 0.806. The van der Waals surface area contributed by atoms with Crippen molar-refractivity contribution >= 4 is 11.8 Å². The minimum absolute atomic E-state index is 0.0274. The first-order chi connectivity index (χ1) is 14.2. The molecule has 0 aromatic rings. The van der Waals surface area contributed by atoms with Crippen LogP contribution < -0.4 is 0 Å². The second-order valence-corrected chi connectivity index (χ2v) is 12.4. The lowest BCUT2D eigenvalue weighted by molar-refractivity contribution is -0.167. The van der Waals surface area contributed by atoms with Crippen LogP contribution in [0.5, 0.6) is 0 Å². The molecule has 5 fully saturated rings. The van der Waals surface area contributed by atoms with E-state index in [9.17, 15) is 9.59 Å². The number of ketones is 1.